The van der Waals surface area contributed by atoms with Gasteiger partial charge in [-0.05, 0) is 49.1 Å². The van der Waals surface area contributed by atoms with Gasteiger partial charge in [-0.2, -0.15) is 4.99 Å². The van der Waals surface area contributed by atoms with Gasteiger partial charge in [-0.1, -0.05) is 29.9 Å². The van der Waals surface area contributed by atoms with Crippen molar-refractivity contribution < 1.29 is 4.79 Å². The van der Waals surface area contributed by atoms with Crippen LogP contribution in [0, 0.1) is 17.8 Å². The molecule has 0 unspecified atom stereocenters. The lowest BCUT2D eigenvalue weighted by Gasteiger charge is -2.19. The van der Waals surface area contributed by atoms with E-state index in [1.54, 1.807) is 11.3 Å². The lowest BCUT2D eigenvalue weighted by atomic mass is 9.86. The summed E-state index contributed by atoms with van der Waals surface area (Å²) < 4.78 is 3.21. The van der Waals surface area contributed by atoms with Crippen LogP contribution in [0.2, 0.25) is 0 Å². The Balaban J connectivity index is 1.58. The molecule has 2 bridgehead atoms. The Morgan fingerprint density at radius 1 is 1.33 bits per heavy atom. The SMILES string of the molecule is Cn1c(=NC(=O)C[C@@H]2C[C@H]3CC[C@@H]2C3)sc2ccccc21. The standard InChI is InChI=1S/C17H20N2OS/c1-19-14-4-2-3-5-15(14)21-17(19)18-16(20)10-13-9-11-6-7-12(13)8-11/h2-5,11-13H,6-10H2,1H3/t11-,12+,13-/m0/s1. The van der Waals surface area contributed by atoms with Gasteiger partial charge in [0.2, 0.25) is 5.91 Å². The summed E-state index contributed by atoms with van der Waals surface area (Å²) in [5, 5.41) is 0. The van der Waals surface area contributed by atoms with Crippen LogP contribution >= 0.6 is 11.3 Å². The predicted molar refractivity (Wildman–Crippen MR) is 84.9 cm³/mol. The van der Waals surface area contributed by atoms with Gasteiger partial charge in [-0.25, -0.2) is 0 Å². The molecule has 1 heterocycles. The summed E-state index contributed by atoms with van der Waals surface area (Å²) in [4.78, 5) is 17.5. The molecular formula is C17H20N2OS. The number of hydrogen-bond donors (Lipinski definition) is 0. The van der Waals surface area contributed by atoms with Crippen molar-refractivity contribution in [3.05, 3.63) is 29.1 Å². The minimum atomic E-state index is 0.0645. The number of nitrogens with zero attached hydrogens (tertiary/aromatic N) is 2. The van der Waals surface area contributed by atoms with Crippen LogP contribution in [0.4, 0.5) is 0 Å². The van der Waals surface area contributed by atoms with E-state index in [0.717, 1.165) is 22.2 Å². The Morgan fingerprint density at radius 3 is 2.90 bits per heavy atom. The second-order valence-electron chi connectivity index (χ2n) is 6.56. The quantitative estimate of drug-likeness (QED) is 0.836. The molecule has 0 radical (unpaired) electrons. The second kappa shape index (κ2) is 5.09. The zero-order valence-corrected chi connectivity index (χ0v) is 13.1. The number of carbonyl (C=O) groups excluding carboxylic acids is 1. The highest BCUT2D eigenvalue weighted by Gasteiger charge is 2.40. The fourth-order valence-corrected chi connectivity index (χ4v) is 5.23. The maximum atomic E-state index is 12.3. The van der Waals surface area contributed by atoms with Crippen molar-refractivity contribution in [3.63, 3.8) is 0 Å². The molecule has 110 valence electrons. The predicted octanol–water partition coefficient (Wildman–Crippen LogP) is 3.49. The van der Waals surface area contributed by atoms with Crippen molar-refractivity contribution in [1.82, 2.24) is 4.57 Å². The molecule has 1 aromatic heterocycles. The Kier molecular flexibility index (Phi) is 3.21. The smallest absolute Gasteiger partial charge is 0.248 e. The maximum Gasteiger partial charge on any atom is 0.248 e. The van der Waals surface area contributed by atoms with Gasteiger partial charge in [0, 0.05) is 13.5 Å². The van der Waals surface area contributed by atoms with E-state index < -0.39 is 0 Å². The summed E-state index contributed by atoms with van der Waals surface area (Å²) in [5.41, 5.74) is 1.15. The van der Waals surface area contributed by atoms with Crippen LogP contribution in [0.25, 0.3) is 10.2 Å². The van der Waals surface area contributed by atoms with Crippen molar-refractivity contribution >= 4 is 27.5 Å². The highest BCUT2D eigenvalue weighted by molar-refractivity contribution is 7.16. The van der Waals surface area contributed by atoms with Crippen molar-refractivity contribution in [1.29, 1.82) is 0 Å². The first-order valence-electron chi connectivity index (χ1n) is 7.83. The van der Waals surface area contributed by atoms with Crippen molar-refractivity contribution in [2.24, 2.45) is 29.8 Å². The molecular weight excluding hydrogens is 280 g/mol. The number of rotatable bonds is 2. The van der Waals surface area contributed by atoms with E-state index in [-0.39, 0.29) is 5.91 Å². The number of thiazole rings is 1. The second-order valence-corrected chi connectivity index (χ2v) is 7.57. The summed E-state index contributed by atoms with van der Waals surface area (Å²) in [7, 11) is 1.99. The third-order valence-corrected chi connectivity index (χ3v) is 6.37. The largest absolute Gasteiger partial charge is 0.319 e. The van der Waals surface area contributed by atoms with E-state index in [1.807, 2.05) is 23.7 Å². The van der Waals surface area contributed by atoms with Crippen LogP contribution in [0.15, 0.2) is 29.3 Å². The van der Waals surface area contributed by atoms with Crippen molar-refractivity contribution in [2.75, 3.05) is 0 Å². The first-order chi connectivity index (χ1) is 10.2. The number of fused-ring (bicyclic) bond motifs is 3. The number of benzene rings is 1. The van der Waals surface area contributed by atoms with Crippen molar-refractivity contribution in [3.8, 4) is 0 Å². The monoisotopic (exact) mass is 300 g/mol. The zero-order chi connectivity index (χ0) is 14.4. The fraction of sp³-hybridized carbons (Fsp3) is 0.529. The first kappa shape index (κ1) is 13.3. The Hall–Kier alpha value is -1.42. The zero-order valence-electron chi connectivity index (χ0n) is 12.3. The van der Waals surface area contributed by atoms with Crippen molar-refractivity contribution in [2.45, 2.75) is 32.1 Å². The van der Waals surface area contributed by atoms with Crippen LogP contribution in [0.1, 0.15) is 32.1 Å². The molecule has 0 N–H and O–H groups in total. The van der Waals surface area contributed by atoms with Crippen LogP contribution in [0.3, 0.4) is 0 Å². The Morgan fingerprint density at radius 2 is 2.19 bits per heavy atom. The highest BCUT2D eigenvalue weighted by Crippen LogP contribution is 2.49. The number of aryl methyl sites for hydroxylation is 1. The molecule has 2 saturated carbocycles. The summed E-state index contributed by atoms with van der Waals surface area (Å²) in [6, 6.07) is 8.21. The van der Waals surface area contributed by atoms with E-state index in [0.29, 0.717) is 12.3 Å². The van der Waals surface area contributed by atoms with Crippen LogP contribution in [-0.4, -0.2) is 10.5 Å². The molecule has 0 aliphatic heterocycles. The van der Waals surface area contributed by atoms with Gasteiger partial charge >= 0.3 is 0 Å². The fourth-order valence-electron chi connectivity index (χ4n) is 4.19. The van der Waals surface area contributed by atoms with Gasteiger partial charge in [0.05, 0.1) is 10.2 Å². The molecule has 2 aliphatic carbocycles. The van der Waals surface area contributed by atoms with Gasteiger partial charge in [-0.15, -0.1) is 0 Å². The average molecular weight is 300 g/mol. The first-order valence-corrected chi connectivity index (χ1v) is 8.64. The van der Waals surface area contributed by atoms with E-state index in [4.69, 9.17) is 0 Å². The lowest BCUT2D eigenvalue weighted by molar-refractivity contribution is -0.119. The third-order valence-electron chi connectivity index (χ3n) is 5.26. The van der Waals surface area contributed by atoms with Gasteiger partial charge < -0.3 is 4.57 Å². The number of amides is 1. The van der Waals surface area contributed by atoms with E-state index >= 15 is 0 Å². The number of hydrogen-bond acceptors (Lipinski definition) is 2. The Labute approximate surface area is 128 Å². The topological polar surface area (TPSA) is 34.4 Å². The molecule has 0 spiro atoms. The molecule has 4 rings (SSSR count). The molecule has 2 aromatic rings. The normalized spacial score (nSPS) is 28.6. The van der Waals surface area contributed by atoms with Crippen LogP contribution in [0.5, 0.6) is 0 Å². The van der Waals surface area contributed by atoms with Gasteiger partial charge in [0.1, 0.15) is 0 Å². The molecule has 2 aliphatic rings. The minimum absolute atomic E-state index is 0.0645. The summed E-state index contributed by atoms with van der Waals surface area (Å²) in [6.07, 6.45) is 5.98. The van der Waals surface area contributed by atoms with Gasteiger partial charge in [-0.3, -0.25) is 4.79 Å². The van der Waals surface area contributed by atoms with Crippen LogP contribution < -0.4 is 4.80 Å². The highest BCUT2D eigenvalue weighted by atomic mass is 32.1. The number of aromatic nitrogens is 1. The maximum absolute atomic E-state index is 12.3. The number of carbonyl (C=O) groups is 1. The molecule has 1 aromatic carbocycles. The summed E-state index contributed by atoms with van der Waals surface area (Å²) in [5.74, 6) is 2.35. The summed E-state index contributed by atoms with van der Waals surface area (Å²) in [6.45, 7) is 0. The molecule has 2 fully saturated rings. The van der Waals surface area contributed by atoms with Gasteiger partial charge in [0.25, 0.3) is 0 Å². The average Bonchev–Trinajstić information content (AvgIpc) is 3.15. The molecule has 0 saturated heterocycles. The molecule has 21 heavy (non-hydrogen) atoms. The molecule has 3 atom stereocenters. The van der Waals surface area contributed by atoms with Crippen LogP contribution in [-0.2, 0) is 11.8 Å². The number of para-hydroxylation sites is 1. The Bertz CT molecular complexity index is 757. The molecule has 4 heteroatoms. The van der Waals surface area contributed by atoms with E-state index in [1.165, 1.54) is 30.4 Å². The molecule has 1 amide bonds. The lowest BCUT2D eigenvalue weighted by Crippen LogP contribution is -2.18. The van der Waals surface area contributed by atoms with Gasteiger partial charge in [0.15, 0.2) is 4.80 Å². The minimum Gasteiger partial charge on any atom is -0.319 e. The van der Waals surface area contributed by atoms with E-state index in [9.17, 15) is 4.79 Å². The van der Waals surface area contributed by atoms with E-state index in [2.05, 4.69) is 17.1 Å². The third kappa shape index (κ3) is 2.35. The summed E-state index contributed by atoms with van der Waals surface area (Å²) >= 11 is 1.60. The molecule has 3 nitrogen and oxygen atoms in total.